The SMILES string of the molecule is O=C(COc1ccc(F)cc1)NC1CCCCCC1. The molecule has 1 aromatic rings. The van der Waals surface area contributed by atoms with Crippen LogP contribution in [0.3, 0.4) is 0 Å². The summed E-state index contributed by atoms with van der Waals surface area (Å²) in [6.07, 6.45) is 7.01. The number of hydrogen-bond acceptors (Lipinski definition) is 2. The lowest BCUT2D eigenvalue weighted by atomic mass is 10.1. The van der Waals surface area contributed by atoms with Gasteiger partial charge in [0.2, 0.25) is 0 Å². The molecule has 0 radical (unpaired) electrons. The first kappa shape index (κ1) is 13.8. The first-order valence-electron chi connectivity index (χ1n) is 6.92. The zero-order valence-corrected chi connectivity index (χ0v) is 11.0. The van der Waals surface area contributed by atoms with Crippen molar-refractivity contribution < 1.29 is 13.9 Å². The molecule has 0 spiro atoms. The molecular weight excluding hydrogens is 245 g/mol. The summed E-state index contributed by atoms with van der Waals surface area (Å²) in [4.78, 5) is 11.8. The van der Waals surface area contributed by atoms with Gasteiger partial charge in [-0.15, -0.1) is 0 Å². The number of benzene rings is 1. The van der Waals surface area contributed by atoms with Gasteiger partial charge in [0.25, 0.3) is 5.91 Å². The summed E-state index contributed by atoms with van der Waals surface area (Å²) in [6, 6.07) is 5.96. The highest BCUT2D eigenvalue weighted by atomic mass is 19.1. The largest absolute Gasteiger partial charge is 0.484 e. The van der Waals surface area contributed by atoms with Crippen molar-refractivity contribution in [3.8, 4) is 5.75 Å². The maximum Gasteiger partial charge on any atom is 0.258 e. The van der Waals surface area contributed by atoms with Crippen LogP contribution in [0.15, 0.2) is 24.3 Å². The summed E-state index contributed by atoms with van der Waals surface area (Å²) >= 11 is 0. The monoisotopic (exact) mass is 265 g/mol. The van der Waals surface area contributed by atoms with E-state index >= 15 is 0 Å². The van der Waals surface area contributed by atoms with Gasteiger partial charge in [0.15, 0.2) is 6.61 Å². The molecule has 3 nitrogen and oxygen atoms in total. The number of amides is 1. The van der Waals surface area contributed by atoms with E-state index in [1.807, 2.05) is 0 Å². The van der Waals surface area contributed by atoms with Crippen molar-refractivity contribution in [2.75, 3.05) is 6.61 Å². The van der Waals surface area contributed by atoms with Crippen LogP contribution in [0.25, 0.3) is 0 Å². The average molecular weight is 265 g/mol. The van der Waals surface area contributed by atoms with Gasteiger partial charge in [0.05, 0.1) is 0 Å². The first-order valence-corrected chi connectivity index (χ1v) is 6.92. The van der Waals surface area contributed by atoms with Crippen LogP contribution < -0.4 is 10.1 Å². The van der Waals surface area contributed by atoms with Gasteiger partial charge in [-0.25, -0.2) is 4.39 Å². The van der Waals surface area contributed by atoms with Crippen molar-refractivity contribution in [3.63, 3.8) is 0 Å². The number of carbonyl (C=O) groups is 1. The Morgan fingerprint density at radius 1 is 1.16 bits per heavy atom. The van der Waals surface area contributed by atoms with E-state index in [-0.39, 0.29) is 24.4 Å². The molecule has 104 valence electrons. The van der Waals surface area contributed by atoms with Crippen LogP contribution in [-0.4, -0.2) is 18.6 Å². The van der Waals surface area contributed by atoms with E-state index in [2.05, 4.69) is 5.32 Å². The molecule has 2 rings (SSSR count). The van der Waals surface area contributed by atoms with Crippen LogP contribution in [0.5, 0.6) is 5.75 Å². The molecule has 0 aliphatic heterocycles. The van der Waals surface area contributed by atoms with Gasteiger partial charge in [0, 0.05) is 6.04 Å². The fraction of sp³-hybridized carbons (Fsp3) is 0.533. The molecule has 0 saturated heterocycles. The normalized spacial score (nSPS) is 16.7. The molecule has 1 N–H and O–H groups in total. The van der Waals surface area contributed by atoms with E-state index in [1.54, 1.807) is 0 Å². The van der Waals surface area contributed by atoms with Crippen LogP contribution in [0.1, 0.15) is 38.5 Å². The van der Waals surface area contributed by atoms with Crippen LogP contribution >= 0.6 is 0 Å². The molecule has 0 unspecified atom stereocenters. The first-order chi connectivity index (χ1) is 9.24. The van der Waals surface area contributed by atoms with E-state index in [1.165, 1.54) is 49.9 Å². The van der Waals surface area contributed by atoms with E-state index in [4.69, 9.17) is 4.74 Å². The highest BCUT2D eigenvalue weighted by Crippen LogP contribution is 2.17. The second kappa shape index (κ2) is 7.12. The fourth-order valence-corrected chi connectivity index (χ4v) is 2.37. The van der Waals surface area contributed by atoms with Gasteiger partial charge >= 0.3 is 0 Å². The minimum atomic E-state index is -0.310. The second-order valence-electron chi connectivity index (χ2n) is 5.00. The van der Waals surface area contributed by atoms with Gasteiger partial charge in [-0.1, -0.05) is 25.7 Å². The van der Waals surface area contributed by atoms with E-state index < -0.39 is 0 Å². The Kier molecular flexibility index (Phi) is 5.19. The minimum absolute atomic E-state index is 0.0118. The molecular formula is C15H20FNO2. The number of hydrogen-bond donors (Lipinski definition) is 1. The maximum atomic E-state index is 12.7. The number of ether oxygens (including phenoxy) is 1. The van der Waals surface area contributed by atoms with Gasteiger partial charge in [0.1, 0.15) is 11.6 Å². The Hall–Kier alpha value is -1.58. The topological polar surface area (TPSA) is 38.3 Å². The zero-order valence-electron chi connectivity index (χ0n) is 11.0. The van der Waals surface area contributed by atoms with Crippen LogP contribution in [0.4, 0.5) is 4.39 Å². The van der Waals surface area contributed by atoms with Gasteiger partial charge in [-0.2, -0.15) is 0 Å². The molecule has 4 heteroatoms. The third-order valence-electron chi connectivity index (χ3n) is 3.40. The fourth-order valence-electron chi connectivity index (χ4n) is 2.37. The summed E-state index contributed by atoms with van der Waals surface area (Å²) < 4.78 is 18.0. The predicted molar refractivity (Wildman–Crippen MR) is 71.5 cm³/mol. The molecule has 1 amide bonds. The molecule has 19 heavy (non-hydrogen) atoms. The molecule has 1 fully saturated rings. The molecule has 1 aliphatic carbocycles. The Balaban J connectivity index is 1.73. The maximum absolute atomic E-state index is 12.7. The smallest absolute Gasteiger partial charge is 0.258 e. The van der Waals surface area contributed by atoms with E-state index in [0.717, 1.165) is 12.8 Å². The Labute approximate surface area is 113 Å². The number of carbonyl (C=O) groups excluding carboxylic acids is 1. The molecule has 0 heterocycles. The second-order valence-corrected chi connectivity index (χ2v) is 5.00. The summed E-state index contributed by atoms with van der Waals surface area (Å²) in [5.41, 5.74) is 0. The van der Waals surface area contributed by atoms with Crippen molar-refractivity contribution in [2.24, 2.45) is 0 Å². The van der Waals surface area contributed by atoms with Crippen molar-refractivity contribution in [3.05, 3.63) is 30.1 Å². The molecule has 0 atom stereocenters. The minimum Gasteiger partial charge on any atom is -0.484 e. The number of halogens is 1. The number of rotatable bonds is 4. The standard InChI is InChI=1S/C15H20FNO2/c16-12-7-9-14(10-8-12)19-11-15(18)17-13-5-3-1-2-4-6-13/h7-10,13H,1-6,11H2,(H,17,18). The average Bonchev–Trinajstić information content (AvgIpc) is 2.67. The third-order valence-corrected chi connectivity index (χ3v) is 3.40. The molecule has 0 aromatic heterocycles. The summed E-state index contributed by atoms with van der Waals surface area (Å²) in [5.74, 6) is 0.101. The van der Waals surface area contributed by atoms with Crippen LogP contribution in [0.2, 0.25) is 0 Å². The lowest BCUT2D eigenvalue weighted by Crippen LogP contribution is -2.37. The molecule has 0 bridgehead atoms. The summed E-state index contributed by atoms with van der Waals surface area (Å²) in [5, 5.41) is 3.00. The zero-order chi connectivity index (χ0) is 13.5. The highest BCUT2D eigenvalue weighted by Gasteiger charge is 2.14. The number of nitrogens with one attached hydrogen (secondary N) is 1. The highest BCUT2D eigenvalue weighted by molar-refractivity contribution is 5.77. The Bertz CT molecular complexity index is 397. The predicted octanol–water partition coefficient (Wildman–Crippen LogP) is 3.04. The Morgan fingerprint density at radius 3 is 2.42 bits per heavy atom. The van der Waals surface area contributed by atoms with Gasteiger partial charge < -0.3 is 10.1 Å². The van der Waals surface area contributed by atoms with E-state index in [9.17, 15) is 9.18 Å². The lowest BCUT2D eigenvalue weighted by Gasteiger charge is -2.16. The lowest BCUT2D eigenvalue weighted by molar-refractivity contribution is -0.123. The van der Waals surface area contributed by atoms with Gasteiger partial charge in [-0.3, -0.25) is 4.79 Å². The third kappa shape index (κ3) is 4.89. The molecule has 1 saturated carbocycles. The van der Waals surface area contributed by atoms with Crippen molar-refractivity contribution in [1.29, 1.82) is 0 Å². The van der Waals surface area contributed by atoms with Crippen LogP contribution in [0, 0.1) is 5.82 Å². The van der Waals surface area contributed by atoms with Gasteiger partial charge in [-0.05, 0) is 37.1 Å². The summed E-state index contributed by atoms with van der Waals surface area (Å²) in [6.45, 7) is -0.0118. The molecule has 1 aromatic carbocycles. The quantitative estimate of drug-likeness (QED) is 0.850. The van der Waals surface area contributed by atoms with Crippen molar-refractivity contribution >= 4 is 5.91 Å². The summed E-state index contributed by atoms with van der Waals surface area (Å²) in [7, 11) is 0. The Morgan fingerprint density at radius 2 is 1.79 bits per heavy atom. The van der Waals surface area contributed by atoms with Crippen molar-refractivity contribution in [2.45, 2.75) is 44.6 Å². The molecule has 1 aliphatic rings. The van der Waals surface area contributed by atoms with Crippen molar-refractivity contribution in [1.82, 2.24) is 5.32 Å². The van der Waals surface area contributed by atoms with E-state index in [0.29, 0.717) is 5.75 Å². The van der Waals surface area contributed by atoms with Crippen LogP contribution in [-0.2, 0) is 4.79 Å².